The molecule has 0 saturated carbocycles. The second-order valence-electron chi connectivity index (χ2n) is 21.1. The van der Waals surface area contributed by atoms with Gasteiger partial charge in [0.2, 0.25) is 5.91 Å². The van der Waals surface area contributed by atoms with Crippen LogP contribution in [-0.2, 0) is 14.3 Å². The zero-order valence-electron chi connectivity index (χ0n) is 46.0. The van der Waals surface area contributed by atoms with Crippen molar-refractivity contribution in [3.63, 3.8) is 0 Å². The molecule has 402 valence electrons. The van der Waals surface area contributed by atoms with Gasteiger partial charge in [-0.05, 0) is 51.4 Å². The number of aliphatic hydroxyl groups excluding tert-OH is 2. The Morgan fingerprint density at radius 2 is 0.735 bits per heavy atom. The largest absolute Gasteiger partial charge is 0.462 e. The van der Waals surface area contributed by atoms with Crippen molar-refractivity contribution in [1.29, 1.82) is 0 Å². The third-order valence-electron chi connectivity index (χ3n) is 14.3. The molecule has 6 heteroatoms. The lowest BCUT2D eigenvalue weighted by atomic mass is 10.0. The number of hydrogen-bond acceptors (Lipinski definition) is 5. The molecule has 0 aromatic rings. The fourth-order valence-electron chi connectivity index (χ4n) is 9.66. The van der Waals surface area contributed by atoms with Crippen LogP contribution in [0.25, 0.3) is 0 Å². The summed E-state index contributed by atoms with van der Waals surface area (Å²) in [6.45, 7) is 6.53. The SMILES string of the molecule is CCCCCCCCC/C=C/C=C/CCCCCC(=O)OC(CCCCCCCCCCCCCCCCCCC)CC(=O)NC(CO)C(O)CCCCCCCCCCCCCCCCCC. The van der Waals surface area contributed by atoms with E-state index in [0.29, 0.717) is 19.3 Å². The molecule has 0 fully saturated rings. The molecule has 3 atom stereocenters. The van der Waals surface area contributed by atoms with Crippen LogP contribution in [0, 0.1) is 0 Å². The second kappa shape index (κ2) is 56.3. The molecule has 0 aromatic carbocycles. The summed E-state index contributed by atoms with van der Waals surface area (Å²) in [6.07, 6.45) is 66.8. The number of carbonyl (C=O) groups excluding carboxylic acids is 2. The molecule has 0 aliphatic heterocycles. The number of nitrogens with one attached hydrogen (secondary N) is 1. The summed E-state index contributed by atoms with van der Waals surface area (Å²) in [7, 11) is 0. The van der Waals surface area contributed by atoms with Gasteiger partial charge in [-0.2, -0.15) is 0 Å². The molecule has 0 rings (SSSR count). The molecule has 0 saturated heterocycles. The second-order valence-corrected chi connectivity index (χ2v) is 21.1. The molecule has 3 unspecified atom stereocenters. The first-order valence-electron chi connectivity index (χ1n) is 30.6. The van der Waals surface area contributed by atoms with Gasteiger partial charge in [0, 0.05) is 6.42 Å². The molecule has 68 heavy (non-hydrogen) atoms. The number of esters is 1. The minimum absolute atomic E-state index is 0.0735. The average Bonchev–Trinajstić information content (AvgIpc) is 3.33. The fourth-order valence-corrected chi connectivity index (χ4v) is 9.66. The van der Waals surface area contributed by atoms with E-state index in [1.165, 1.54) is 231 Å². The van der Waals surface area contributed by atoms with Gasteiger partial charge in [-0.25, -0.2) is 0 Å². The van der Waals surface area contributed by atoms with E-state index >= 15 is 0 Å². The van der Waals surface area contributed by atoms with Crippen LogP contribution in [0.3, 0.4) is 0 Å². The molecule has 0 aliphatic carbocycles. The van der Waals surface area contributed by atoms with Crippen molar-refractivity contribution in [3.8, 4) is 0 Å². The van der Waals surface area contributed by atoms with Gasteiger partial charge in [0.1, 0.15) is 6.10 Å². The van der Waals surface area contributed by atoms with Crippen molar-refractivity contribution in [2.24, 2.45) is 0 Å². The van der Waals surface area contributed by atoms with E-state index < -0.39 is 18.2 Å². The van der Waals surface area contributed by atoms with Gasteiger partial charge < -0.3 is 20.3 Å². The summed E-state index contributed by atoms with van der Waals surface area (Å²) in [6, 6.07) is -0.704. The molecule has 0 spiro atoms. The third kappa shape index (κ3) is 50.7. The number of aliphatic hydroxyl groups is 2. The van der Waals surface area contributed by atoms with E-state index in [2.05, 4.69) is 50.4 Å². The van der Waals surface area contributed by atoms with Crippen molar-refractivity contribution in [3.05, 3.63) is 24.3 Å². The zero-order chi connectivity index (χ0) is 49.5. The first kappa shape index (κ1) is 66.3. The number of allylic oxidation sites excluding steroid dienone is 4. The Labute approximate surface area is 424 Å². The maximum absolute atomic E-state index is 13.3. The molecular formula is C62H119NO5. The molecule has 0 bridgehead atoms. The quantitative estimate of drug-likeness (QED) is 0.0321. The van der Waals surface area contributed by atoms with Gasteiger partial charge in [0.05, 0.1) is 25.2 Å². The Kier molecular flexibility index (Phi) is 54.9. The van der Waals surface area contributed by atoms with Crippen LogP contribution in [-0.4, -0.2) is 46.9 Å². The topological polar surface area (TPSA) is 95.9 Å². The molecule has 0 radical (unpaired) electrons. The lowest BCUT2D eigenvalue weighted by molar-refractivity contribution is -0.151. The van der Waals surface area contributed by atoms with Gasteiger partial charge in [-0.3, -0.25) is 9.59 Å². The van der Waals surface area contributed by atoms with E-state index in [4.69, 9.17) is 4.74 Å². The third-order valence-corrected chi connectivity index (χ3v) is 14.3. The van der Waals surface area contributed by atoms with Crippen molar-refractivity contribution in [2.75, 3.05) is 6.61 Å². The van der Waals surface area contributed by atoms with Crippen LogP contribution in [0.15, 0.2) is 24.3 Å². The average molecular weight is 959 g/mol. The highest BCUT2D eigenvalue weighted by molar-refractivity contribution is 5.77. The summed E-state index contributed by atoms with van der Waals surface area (Å²) in [4.78, 5) is 26.3. The molecule has 6 nitrogen and oxygen atoms in total. The van der Waals surface area contributed by atoms with Crippen LogP contribution in [0.1, 0.15) is 335 Å². The smallest absolute Gasteiger partial charge is 0.306 e. The van der Waals surface area contributed by atoms with E-state index in [0.717, 1.165) is 57.8 Å². The van der Waals surface area contributed by atoms with Crippen LogP contribution < -0.4 is 5.32 Å². The highest BCUT2D eigenvalue weighted by Crippen LogP contribution is 2.19. The zero-order valence-corrected chi connectivity index (χ0v) is 46.0. The van der Waals surface area contributed by atoms with Gasteiger partial charge in [0.15, 0.2) is 0 Å². The van der Waals surface area contributed by atoms with E-state index in [9.17, 15) is 19.8 Å². The minimum atomic E-state index is -0.789. The van der Waals surface area contributed by atoms with Crippen molar-refractivity contribution in [2.45, 2.75) is 354 Å². The molecule has 3 N–H and O–H groups in total. The first-order chi connectivity index (χ1) is 33.5. The molecule has 1 amide bonds. The maximum atomic E-state index is 13.3. The fraction of sp³-hybridized carbons (Fsp3) is 0.903. The number of carbonyl (C=O) groups is 2. The van der Waals surface area contributed by atoms with Gasteiger partial charge >= 0.3 is 5.97 Å². The van der Waals surface area contributed by atoms with Crippen LogP contribution in [0.2, 0.25) is 0 Å². The molecule has 0 aromatic heterocycles. The van der Waals surface area contributed by atoms with Crippen molar-refractivity contribution >= 4 is 11.9 Å². The Morgan fingerprint density at radius 3 is 1.09 bits per heavy atom. The predicted octanol–water partition coefficient (Wildman–Crippen LogP) is 19.0. The first-order valence-corrected chi connectivity index (χ1v) is 30.6. The van der Waals surface area contributed by atoms with Crippen LogP contribution in [0.5, 0.6) is 0 Å². The lowest BCUT2D eigenvalue weighted by Crippen LogP contribution is -2.46. The Hall–Kier alpha value is -1.66. The van der Waals surface area contributed by atoms with E-state index in [1.54, 1.807) is 0 Å². The Morgan fingerprint density at radius 1 is 0.426 bits per heavy atom. The normalized spacial score (nSPS) is 13.2. The summed E-state index contributed by atoms with van der Waals surface area (Å²) < 4.78 is 5.97. The van der Waals surface area contributed by atoms with Gasteiger partial charge in [-0.1, -0.05) is 295 Å². The summed E-state index contributed by atoms with van der Waals surface area (Å²) in [5.74, 6) is -0.482. The minimum Gasteiger partial charge on any atom is -0.462 e. The van der Waals surface area contributed by atoms with Crippen molar-refractivity contribution in [1.82, 2.24) is 5.32 Å². The number of hydrogen-bond donors (Lipinski definition) is 3. The maximum Gasteiger partial charge on any atom is 0.306 e. The molecular weight excluding hydrogens is 839 g/mol. The van der Waals surface area contributed by atoms with Crippen LogP contribution in [0.4, 0.5) is 0 Å². The summed E-state index contributed by atoms with van der Waals surface area (Å²) >= 11 is 0. The monoisotopic (exact) mass is 958 g/mol. The summed E-state index contributed by atoms with van der Waals surface area (Å²) in [5, 5.41) is 23.9. The Balaban J connectivity index is 4.54. The van der Waals surface area contributed by atoms with E-state index in [-0.39, 0.29) is 24.9 Å². The molecule has 0 aliphatic rings. The number of amides is 1. The summed E-state index contributed by atoms with van der Waals surface area (Å²) in [5.41, 5.74) is 0. The number of ether oxygens (including phenoxy) is 1. The lowest BCUT2D eigenvalue weighted by Gasteiger charge is -2.24. The molecule has 0 heterocycles. The highest BCUT2D eigenvalue weighted by atomic mass is 16.5. The van der Waals surface area contributed by atoms with Gasteiger partial charge in [-0.15, -0.1) is 0 Å². The Bertz CT molecular complexity index is 1080. The number of rotatable bonds is 56. The van der Waals surface area contributed by atoms with Crippen molar-refractivity contribution < 1.29 is 24.5 Å². The standard InChI is InChI=1S/C62H119NO5/c1-4-7-10-13-16-19-22-25-28-31-32-35-38-41-44-47-50-53-58(68-62(67)55-52-49-46-43-40-37-34-30-27-24-21-18-15-12-9-6-3)56-61(66)63-59(57-64)60(65)54-51-48-45-42-39-36-33-29-26-23-20-17-14-11-8-5-2/h30,34,37,40,58-60,64-65H,4-29,31-33,35-36,38-39,41-57H2,1-3H3,(H,63,66)/b34-30+,40-37+. The number of unbranched alkanes of at least 4 members (excludes halogenated alkanes) is 41. The predicted molar refractivity (Wildman–Crippen MR) is 296 cm³/mol. The van der Waals surface area contributed by atoms with Crippen LogP contribution >= 0.6 is 0 Å². The highest BCUT2D eigenvalue weighted by Gasteiger charge is 2.24. The van der Waals surface area contributed by atoms with Gasteiger partial charge in [0.25, 0.3) is 0 Å². The van der Waals surface area contributed by atoms with E-state index in [1.807, 2.05) is 0 Å².